The molecule has 1 atom stereocenters. The maximum absolute atomic E-state index is 12.3. The van der Waals surface area contributed by atoms with Crippen LogP contribution in [0.5, 0.6) is 5.75 Å². The van der Waals surface area contributed by atoms with Gasteiger partial charge in [-0.05, 0) is 44.6 Å². The molecular weight excluding hydrogens is 264 g/mol. The van der Waals surface area contributed by atoms with Crippen molar-refractivity contribution in [3.05, 3.63) is 29.8 Å². The van der Waals surface area contributed by atoms with Gasteiger partial charge in [0.1, 0.15) is 11.4 Å². The highest BCUT2D eigenvalue weighted by atomic mass is 16.5. The molecule has 4 rings (SSSR count). The van der Waals surface area contributed by atoms with Crippen molar-refractivity contribution in [2.24, 2.45) is 5.73 Å². The van der Waals surface area contributed by atoms with Gasteiger partial charge in [-0.1, -0.05) is 18.2 Å². The van der Waals surface area contributed by atoms with E-state index in [0.29, 0.717) is 0 Å². The van der Waals surface area contributed by atoms with Gasteiger partial charge < -0.3 is 15.8 Å². The first-order valence-corrected chi connectivity index (χ1v) is 7.98. The summed E-state index contributed by atoms with van der Waals surface area (Å²) < 4.78 is 6.31. The molecule has 4 nitrogen and oxygen atoms in total. The second kappa shape index (κ2) is 4.47. The van der Waals surface area contributed by atoms with Crippen molar-refractivity contribution in [1.29, 1.82) is 0 Å². The Kier molecular flexibility index (Phi) is 2.80. The third-order valence-electron chi connectivity index (χ3n) is 5.26. The van der Waals surface area contributed by atoms with Crippen molar-refractivity contribution in [2.75, 3.05) is 0 Å². The monoisotopic (exact) mass is 286 g/mol. The number of rotatable bonds is 2. The minimum atomic E-state index is -0.615. The Balaban J connectivity index is 1.63. The Morgan fingerprint density at radius 2 is 1.90 bits per heavy atom. The largest absolute Gasteiger partial charge is 0.487 e. The molecule has 2 aliphatic carbocycles. The highest BCUT2D eigenvalue weighted by Gasteiger charge is 2.49. The third kappa shape index (κ3) is 2.22. The smallest absolute Gasteiger partial charge is 0.240 e. The summed E-state index contributed by atoms with van der Waals surface area (Å²) in [5, 5.41) is 3.18. The van der Waals surface area contributed by atoms with E-state index < -0.39 is 5.54 Å². The molecule has 1 heterocycles. The Labute approximate surface area is 125 Å². The summed E-state index contributed by atoms with van der Waals surface area (Å²) in [7, 11) is 0. The molecule has 2 fully saturated rings. The zero-order valence-electron chi connectivity index (χ0n) is 12.2. The number of nitrogens with one attached hydrogen (secondary N) is 1. The van der Waals surface area contributed by atoms with E-state index in [4.69, 9.17) is 10.5 Å². The average Bonchev–Trinajstić information content (AvgIpc) is 3.09. The topological polar surface area (TPSA) is 64.4 Å². The van der Waals surface area contributed by atoms with Gasteiger partial charge in [0.25, 0.3) is 0 Å². The summed E-state index contributed by atoms with van der Waals surface area (Å²) in [6.45, 7) is 0. The Morgan fingerprint density at radius 1 is 1.19 bits per heavy atom. The normalized spacial score (nSPS) is 27.8. The molecule has 1 unspecified atom stereocenters. The molecule has 21 heavy (non-hydrogen) atoms. The number of ether oxygens (including phenoxy) is 1. The van der Waals surface area contributed by atoms with Gasteiger partial charge in [0.2, 0.25) is 5.91 Å². The molecule has 1 aromatic rings. The van der Waals surface area contributed by atoms with Crippen LogP contribution in [0.25, 0.3) is 0 Å². The number of para-hydroxylation sites is 1. The Hall–Kier alpha value is -1.55. The number of hydrogen-bond donors (Lipinski definition) is 2. The Bertz CT molecular complexity index is 574. The second-order valence-corrected chi connectivity index (χ2v) is 6.92. The van der Waals surface area contributed by atoms with E-state index in [1.54, 1.807) is 0 Å². The standard InChI is InChI=1S/C17H22N2O2/c18-17(9-10-17)15(20)19-13-11-16(7-3-4-8-16)21-14-6-2-1-5-12(13)14/h1-2,5-6,13H,3-4,7-11,18H2,(H,19,20). The van der Waals surface area contributed by atoms with Crippen LogP contribution < -0.4 is 15.8 Å². The van der Waals surface area contributed by atoms with Crippen molar-refractivity contribution in [2.45, 2.75) is 62.1 Å². The molecule has 0 saturated heterocycles. The van der Waals surface area contributed by atoms with Crippen LogP contribution in [-0.4, -0.2) is 17.0 Å². The van der Waals surface area contributed by atoms with Crippen LogP contribution in [-0.2, 0) is 4.79 Å². The molecule has 3 aliphatic rings. The van der Waals surface area contributed by atoms with E-state index in [0.717, 1.165) is 43.4 Å². The van der Waals surface area contributed by atoms with Crippen LogP contribution in [0.3, 0.4) is 0 Å². The van der Waals surface area contributed by atoms with E-state index >= 15 is 0 Å². The molecule has 1 spiro atoms. The predicted octanol–water partition coefficient (Wildman–Crippen LogP) is 2.43. The number of carbonyl (C=O) groups is 1. The van der Waals surface area contributed by atoms with Crippen molar-refractivity contribution >= 4 is 5.91 Å². The molecule has 4 heteroatoms. The fourth-order valence-electron chi connectivity index (χ4n) is 3.74. The lowest BCUT2D eigenvalue weighted by molar-refractivity contribution is -0.124. The molecule has 2 saturated carbocycles. The maximum Gasteiger partial charge on any atom is 0.240 e. The molecule has 3 N–H and O–H groups in total. The number of carbonyl (C=O) groups excluding carboxylic acids is 1. The van der Waals surface area contributed by atoms with Crippen molar-refractivity contribution < 1.29 is 9.53 Å². The predicted molar refractivity (Wildman–Crippen MR) is 79.9 cm³/mol. The summed E-state index contributed by atoms with van der Waals surface area (Å²) in [6, 6.07) is 8.10. The van der Waals surface area contributed by atoms with Gasteiger partial charge in [-0.15, -0.1) is 0 Å². The van der Waals surface area contributed by atoms with Gasteiger partial charge in [-0.3, -0.25) is 4.79 Å². The first kappa shape index (κ1) is 13.1. The van der Waals surface area contributed by atoms with E-state index in [2.05, 4.69) is 11.4 Å². The zero-order chi connectivity index (χ0) is 14.5. The van der Waals surface area contributed by atoms with Crippen LogP contribution in [0.4, 0.5) is 0 Å². The van der Waals surface area contributed by atoms with Crippen molar-refractivity contribution in [1.82, 2.24) is 5.32 Å². The molecule has 0 radical (unpaired) electrons. The number of fused-ring (bicyclic) bond motifs is 1. The second-order valence-electron chi connectivity index (χ2n) is 6.92. The van der Waals surface area contributed by atoms with Gasteiger partial charge in [-0.2, -0.15) is 0 Å². The van der Waals surface area contributed by atoms with Gasteiger partial charge in [-0.25, -0.2) is 0 Å². The van der Waals surface area contributed by atoms with Gasteiger partial charge in [0, 0.05) is 12.0 Å². The van der Waals surface area contributed by atoms with Gasteiger partial charge in [0.15, 0.2) is 0 Å². The van der Waals surface area contributed by atoms with E-state index in [9.17, 15) is 4.79 Å². The first-order valence-electron chi connectivity index (χ1n) is 7.98. The highest BCUT2D eigenvalue weighted by molar-refractivity contribution is 5.89. The van der Waals surface area contributed by atoms with Crippen LogP contribution in [0, 0.1) is 0 Å². The fraction of sp³-hybridized carbons (Fsp3) is 0.588. The number of nitrogens with two attached hydrogens (primary N) is 1. The molecular formula is C17H22N2O2. The van der Waals surface area contributed by atoms with E-state index in [-0.39, 0.29) is 17.6 Å². The minimum absolute atomic E-state index is 0.00245. The molecule has 1 aliphatic heterocycles. The summed E-state index contributed by atoms with van der Waals surface area (Å²) in [6.07, 6.45) is 7.06. The molecule has 0 bridgehead atoms. The van der Waals surface area contributed by atoms with Gasteiger partial charge in [0.05, 0.1) is 11.6 Å². The summed E-state index contributed by atoms with van der Waals surface area (Å²) >= 11 is 0. The minimum Gasteiger partial charge on any atom is -0.487 e. The van der Waals surface area contributed by atoms with Crippen LogP contribution >= 0.6 is 0 Å². The van der Waals surface area contributed by atoms with Gasteiger partial charge >= 0.3 is 0 Å². The quantitative estimate of drug-likeness (QED) is 0.877. The number of benzene rings is 1. The number of amides is 1. The molecule has 1 amide bonds. The summed E-state index contributed by atoms with van der Waals surface area (Å²) in [5.74, 6) is 0.926. The fourth-order valence-corrected chi connectivity index (χ4v) is 3.74. The van der Waals surface area contributed by atoms with E-state index in [1.165, 1.54) is 12.8 Å². The lowest BCUT2D eigenvalue weighted by Gasteiger charge is -2.40. The van der Waals surface area contributed by atoms with Crippen LogP contribution in [0.1, 0.15) is 56.6 Å². The third-order valence-corrected chi connectivity index (χ3v) is 5.26. The van der Waals surface area contributed by atoms with E-state index in [1.807, 2.05) is 18.2 Å². The summed E-state index contributed by atoms with van der Waals surface area (Å²) in [4.78, 5) is 12.3. The zero-order valence-corrected chi connectivity index (χ0v) is 12.2. The molecule has 112 valence electrons. The molecule has 1 aromatic carbocycles. The van der Waals surface area contributed by atoms with Crippen molar-refractivity contribution in [3.8, 4) is 5.75 Å². The number of hydrogen-bond acceptors (Lipinski definition) is 3. The summed E-state index contributed by atoms with van der Waals surface area (Å²) in [5.41, 5.74) is 6.42. The SMILES string of the molecule is NC1(C(=O)NC2CC3(CCCC3)Oc3ccccc32)CC1. The molecule has 0 aromatic heterocycles. The van der Waals surface area contributed by atoms with Crippen LogP contribution in [0.2, 0.25) is 0 Å². The lowest BCUT2D eigenvalue weighted by Crippen LogP contribution is -2.48. The highest BCUT2D eigenvalue weighted by Crippen LogP contribution is 2.47. The Morgan fingerprint density at radius 3 is 2.62 bits per heavy atom. The van der Waals surface area contributed by atoms with Crippen LogP contribution in [0.15, 0.2) is 24.3 Å². The average molecular weight is 286 g/mol. The maximum atomic E-state index is 12.3. The lowest BCUT2D eigenvalue weighted by atomic mass is 9.85. The van der Waals surface area contributed by atoms with Crippen molar-refractivity contribution in [3.63, 3.8) is 0 Å². The first-order chi connectivity index (χ1) is 10.1.